The number of unbranched alkanes of at least 4 members (excludes halogenated alkanes) is 9. The smallest absolute Gasteiger partial charge is 0.472 e. The zero-order valence-electron chi connectivity index (χ0n) is 30.4. The number of allylic oxidation sites excluding steroid dienone is 10. The van der Waals surface area contributed by atoms with Crippen LogP contribution >= 0.6 is 7.82 Å². The summed E-state index contributed by atoms with van der Waals surface area (Å²) >= 11 is 0. The standard InChI is InChI=1S/C38H64NO10P/c1-3-5-7-9-11-13-15-16-17-18-20-21-23-25-27-29-36(41)39-35(38(43)44)33-49-50(45,46)48-32-34(40)31-47-37(42)30-28-26-24-22-19-14-12-10-8-6-4-2/h5,7,10-13,16-17,20-21,34-35,40H,3-4,6,8-9,14-15,18-19,22-33H2,1-2H3,(H,39,41)(H,43,44)(H,45,46)/b7-5-,12-10-,13-11-,17-16-,21-20-. The van der Waals surface area contributed by atoms with E-state index in [4.69, 9.17) is 13.8 Å². The van der Waals surface area contributed by atoms with Gasteiger partial charge in [0.05, 0.1) is 13.2 Å². The summed E-state index contributed by atoms with van der Waals surface area (Å²) in [6.45, 7) is 2.35. The van der Waals surface area contributed by atoms with Gasteiger partial charge >= 0.3 is 19.8 Å². The van der Waals surface area contributed by atoms with E-state index in [9.17, 15) is 34.1 Å². The van der Waals surface area contributed by atoms with Crippen LogP contribution in [0.2, 0.25) is 0 Å². The Balaban J connectivity index is 4.08. The molecule has 0 rings (SSSR count). The van der Waals surface area contributed by atoms with Gasteiger partial charge in [0.1, 0.15) is 12.7 Å². The van der Waals surface area contributed by atoms with Gasteiger partial charge in [0.15, 0.2) is 6.04 Å². The van der Waals surface area contributed by atoms with Gasteiger partial charge in [0.25, 0.3) is 0 Å². The van der Waals surface area contributed by atoms with Crippen molar-refractivity contribution >= 4 is 25.7 Å². The van der Waals surface area contributed by atoms with Gasteiger partial charge < -0.3 is 25.2 Å². The molecule has 0 aromatic carbocycles. The largest absolute Gasteiger partial charge is 0.480 e. The van der Waals surface area contributed by atoms with Crippen molar-refractivity contribution in [1.82, 2.24) is 5.32 Å². The van der Waals surface area contributed by atoms with Crippen molar-refractivity contribution in [3.63, 3.8) is 0 Å². The number of carbonyl (C=O) groups excluding carboxylic acids is 2. The molecule has 1 amide bonds. The molecule has 0 aliphatic rings. The molecule has 3 atom stereocenters. The summed E-state index contributed by atoms with van der Waals surface area (Å²) in [5.74, 6) is -2.45. The molecule has 0 radical (unpaired) electrons. The first-order chi connectivity index (χ1) is 24.1. The number of phosphoric ester groups is 1. The van der Waals surface area contributed by atoms with Crippen molar-refractivity contribution in [2.24, 2.45) is 0 Å². The average molecular weight is 726 g/mol. The lowest BCUT2D eigenvalue weighted by molar-refractivity contribution is -0.147. The zero-order valence-corrected chi connectivity index (χ0v) is 31.3. The van der Waals surface area contributed by atoms with E-state index in [0.717, 1.165) is 77.0 Å². The number of nitrogens with one attached hydrogen (secondary N) is 1. The fraction of sp³-hybridized carbons (Fsp3) is 0.658. The van der Waals surface area contributed by atoms with Gasteiger partial charge in [0.2, 0.25) is 5.91 Å². The number of carbonyl (C=O) groups is 3. The SMILES string of the molecule is CC/C=C\C/C=C\C/C=C\C/C=C\CCCCC(=O)NC(COP(=O)(O)OCC(O)COC(=O)CCCCCCC/C=C\CCCC)C(=O)O. The summed E-state index contributed by atoms with van der Waals surface area (Å²) in [5.41, 5.74) is 0. The fourth-order valence-corrected chi connectivity index (χ4v) is 5.17. The zero-order chi connectivity index (χ0) is 37.1. The minimum absolute atomic E-state index is 0.0899. The van der Waals surface area contributed by atoms with E-state index in [1.807, 2.05) is 6.08 Å². The summed E-state index contributed by atoms with van der Waals surface area (Å²) in [4.78, 5) is 45.6. The van der Waals surface area contributed by atoms with Crippen LogP contribution in [-0.4, -0.2) is 64.9 Å². The topological polar surface area (TPSA) is 169 Å². The molecule has 50 heavy (non-hydrogen) atoms. The maximum atomic E-state index is 12.2. The molecular weight excluding hydrogens is 661 g/mol. The number of aliphatic hydroxyl groups is 1. The number of hydrogen-bond donors (Lipinski definition) is 4. The molecule has 12 heteroatoms. The molecule has 0 aliphatic carbocycles. The van der Waals surface area contributed by atoms with Gasteiger partial charge in [0, 0.05) is 12.8 Å². The van der Waals surface area contributed by atoms with Crippen LogP contribution in [0, 0.1) is 0 Å². The van der Waals surface area contributed by atoms with Crippen LogP contribution in [0.1, 0.15) is 129 Å². The molecule has 0 aromatic heterocycles. The first kappa shape index (κ1) is 47.2. The maximum absolute atomic E-state index is 12.2. The number of carboxylic acid groups (broad SMARTS) is 1. The van der Waals surface area contributed by atoms with Crippen molar-refractivity contribution in [2.75, 3.05) is 19.8 Å². The predicted molar refractivity (Wildman–Crippen MR) is 198 cm³/mol. The van der Waals surface area contributed by atoms with Gasteiger partial charge in [-0.25, -0.2) is 9.36 Å². The monoisotopic (exact) mass is 725 g/mol. The summed E-state index contributed by atoms with van der Waals surface area (Å²) < 4.78 is 26.6. The normalized spacial score (nSPS) is 14.6. The van der Waals surface area contributed by atoms with Crippen molar-refractivity contribution < 1.29 is 47.8 Å². The molecule has 3 unspecified atom stereocenters. The third-order valence-electron chi connectivity index (χ3n) is 7.29. The number of hydrogen-bond acceptors (Lipinski definition) is 8. The Bertz CT molecular complexity index is 1090. The average Bonchev–Trinajstić information content (AvgIpc) is 3.08. The second-order valence-electron chi connectivity index (χ2n) is 12.0. The summed E-state index contributed by atoms with van der Waals surface area (Å²) in [7, 11) is -4.76. The molecule has 0 saturated carbocycles. The number of rotatable bonds is 33. The molecular formula is C38H64NO10P. The lowest BCUT2D eigenvalue weighted by Crippen LogP contribution is -2.43. The Morgan fingerprint density at radius 1 is 0.660 bits per heavy atom. The Hall–Kier alpha value is -2.82. The lowest BCUT2D eigenvalue weighted by atomic mass is 10.1. The molecule has 0 aromatic rings. The number of phosphoric acid groups is 1. The number of amides is 1. The van der Waals surface area contributed by atoms with Crippen molar-refractivity contribution in [1.29, 1.82) is 0 Å². The highest BCUT2D eigenvalue weighted by Gasteiger charge is 2.28. The second-order valence-corrected chi connectivity index (χ2v) is 13.5. The fourth-order valence-electron chi connectivity index (χ4n) is 4.40. The minimum Gasteiger partial charge on any atom is -0.480 e. The minimum atomic E-state index is -4.76. The van der Waals surface area contributed by atoms with Crippen LogP contribution in [0.5, 0.6) is 0 Å². The highest BCUT2D eigenvalue weighted by molar-refractivity contribution is 7.47. The van der Waals surface area contributed by atoms with Crippen LogP contribution < -0.4 is 5.32 Å². The van der Waals surface area contributed by atoms with Crippen molar-refractivity contribution in [2.45, 2.75) is 142 Å². The molecule has 4 N–H and O–H groups in total. The Labute approximate surface area is 300 Å². The predicted octanol–water partition coefficient (Wildman–Crippen LogP) is 8.44. The van der Waals surface area contributed by atoms with E-state index in [-0.39, 0.29) is 12.8 Å². The van der Waals surface area contributed by atoms with E-state index in [1.54, 1.807) is 0 Å². The van der Waals surface area contributed by atoms with Gasteiger partial charge in [-0.05, 0) is 70.6 Å². The molecule has 0 bridgehead atoms. The lowest BCUT2D eigenvalue weighted by Gasteiger charge is -2.18. The van der Waals surface area contributed by atoms with Crippen LogP contribution in [0.4, 0.5) is 0 Å². The molecule has 0 aliphatic heterocycles. The molecule has 286 valence electrons. The van der Waals surface area contributed by atoms with E-state index in [1.165, 1.54) is 12.8 Å². The first-order valence-electron chi connectivity index (χ1n) is 18.3. The van der Waals surface area contributed by atoms with E-state index < -0.39 is 57.6 Å². The second kappa shape index (κ2) is 33.3. The number of carboxylic acids is 1. The number of esters is 1. The van der Waals surface area contributed by atoms with Crippen LogP contribution in [0.15, 0.2) is 60.8 Å². The van der Waals surface area contributed by atoms with Gasteiger partial charge in [-0.3, -0.25) is 18.6 Å². The Morgan fingerprint density at radius 2 is 1.16 bits per heavy atom. The van der Waals surface area contributed by atoms with Crippen molar-refractivity contribution in [3.05, 3.63) is 60.8 Å². The molecule has 0 saturated heterocycles. The summed E-state index contributed by atoms with van der Waals surface area (Å²) in [5, 5.41) is 21.7. The maximum Gasteiger partial charge on any atom is 0.472 e. The van der Waals surface area contributed by atoms with Crippen molar-refractivity contribution in [3.8, 4) is 0 Å². The third kappa shape index (κ3) is 32.4. The third-order valence-corrected chi connectivity index (χ3v) is 8.24. The quantitative estimate of drug-likeness (QED) is 0.0223. The highest BCUT2D eigenvalue weighted by atomic mass is 31.2. The van der Waals surface area contributed by atoms with E-state index in [0.29, 0.717) is 12.8 Å². The Morgan fingerprint density at radius 3 is 1.78 bits per heavy atom. The highest BCUT2D eigenvalue weighted by Crippen LogP contribution is 2.43. The molecule has 0 fully saturated rings. The molecule has 0 heterocycles. The summed E-state index contributed by atoms with van der Waals surface area (Å²) in [6.07, 6.45) is 35.5. The van der Waals surface area contributed by atoms with E-state index >= 15 is 0 Å². The number of aliphatic carboxylic acids is 1. The van der Waals surface area contributed by atoms with Gasteiger partial charge in [-0.1, -0.05) is 107 Å². The van der Waals surface area contributed by atoms with Crippen LogP contribution in [0.25, 0.3) is 0 Å². The summed E-state index contributed by atoms with van der Waals surface area (Å²) in [6, 6.07) is -1.57. The van der Waals surface area contributed by atoms with Gasteiger partial charge in [-0.15, -0.1) is 0 Å². The molecule has 0 spiro atoms. The number of ether oxygens (including phenoxy) is 1. The molecule has 11 nitrogen and oxygen atoms in total. The van der Waals surface area contributed by atoms with Gasteiger partial charge in [-0.2, -0.15) is 0 Å². The van der Waals surface area contributed by atoms with E-state index in [2.05, 4.69) is 73.8 Å². The number of aliphatic hydroxyl groups excluding tert-OH is 1. The van der Waals surface area contributed by atoms with Crippen LogP contribution in [-0.2, 0) is 32.7 Å². The Kier molecular flexibility index (Phi) is 31.5. The first-order valence-corrected chi connectivity index (χ1v) is 19.8. The van der Waals surface area contributed by atoms with Crippen LogP contribution in [0.3, 0.4) is 0 Å².